The van der Waals surface area contributed by atoms with E-state index in [0.717, 1.165) is 29.9 Å². The number of pyridine rings is 2. The highest BCUT2D eigenvalue weighted by Gasteiger charge is 2.20. The Kier molecular flexibility index (Phi) is 4.22. The van der Waals surface area contributed by atoms with E-state index >= 15 is 0 Å². The van der Waals surface area contributed by atoms with Gasteiger partial charge in [0.15, 0.2) is 11.5 Å². The Morgan fingerprint density at radius 1 is 1.07 bits per heavy atom. The van der Waals surface area contributed by atoms with Crippen molar-refractivity contribution in [2.24, 2.45) is 0 Å². The van der Waals surface area contributed by atoms with Gasteiger partial charge in [-0.2, -0.15) is 0 Å². The molecule has 1 aliphatic heterocycles. The summed E-state index contributed by atoms with van der Waals surface area (Å²) in [6.45, 7) is 2.10. The molecule has 4 heterocycles. The Bertz CT molecular complexity index is 1150. The lowest BCUT2D eigenvalue weighted by Gasteiger charge is -2.13. The molecule has 3 aromatic heterocycles. The number of anilines is 1. The molecule has 0 bridgehead atoms. The maximum absolute atomic E-state index is 6.18. The number of imidazole rings is 1. The number of hydrogen-bond acceptors (Lipinski definition) is 5. The number of fused-ring (bicyclic) bond motifs is 1. The van der Waals surface area contributed by atoms with E-state index < -0.39 is 0 Å². The van der Waals surface area contributed by atoms with Crippen molar-refractivity contribution in [2.45, 2.75) is 12.3 Å². The number of benzene rings is 1. The van der Waals surface area contributed by atoms with Crippen LogP contribution >= 0.6 is 11.6 Å². The van der Waals surface area contributed by atoms with E-state index in [4.69, 9.17) is 22.3 Å². The van der Waals surface area contributed by atoms with Crippen LogP contribution in [-0.4, -0.2) is 32.6 Å². The van der Waals surface area contributed by atoms with Gasteiger partial charge in [0.1, 0.15) is 16.5 Å². The summed E-state index contributed by atoms with van der Waals surface area (Å²) in [5.41, 5.74) is 10.7. The molecule has 7 heteroatoms. The lowest BCUT2D eigenvalue weighted by molar-refractivity contribution is 0.763. The number of nitrogens with two attached hydrogens (primary N) is 1. The van der Waals surface area contributed by atoms with Crippen molar-refractivity contribution in [1.82, 2.24) is 24.8 Å². The Hall–Kier alpha value is -2.96. The van der Waals surface area contributed by atoms with E-state index in [1.165, 1.54) is 12.0 Å². The fourth-order valence-electron chi connectivity index (χ4n) is 3.80. The Morgan fingerprint density at radius 3 is 2.68 bits per heavy atom. The molecule has 0 saturated carbocycles. The second-order valence-corrected chi connectivity index (χ2v) is 7.35. The first-order chi connectivity index (χ1) is 13.7. The van der Waals surface area contributed by atoms with Gasteiger partial charge in [0.25, 0.3) is 0 Å². The van der Waals surface area contributed by atoms with Gasteiger partial charge in [-0.3, -0.25) is 4.57 Å². The largest absolute Gasteiger partial charge is 0.383 e. The van der Waals surface area contributed by atoms with Crippen LogP contribution in [0.5, 0.6) is 0 Å². The topological polar surface area (TPSA) is 81.7 Å². The third-order valence-electron chi connectivity index (χ3n) is 5.23. The monoisotopic (exact) mass is 390 g/mol. The van der Waals surface area contributed by atoms with Crippen molar-refractivity contribution in [2.75, 3.05) is 18.8 Å². The molecule has 6 nitrogen and oxygen atoms in total. The number of nitrogen functional groups attached to an aromatic ring is 1. The summed E-state index contributed by atoms with van der Waals surface area (Å²) >= 11 is 6.18. The summed E-state index contributed by atoms with van der Waals surface area (Å²) in [5, 5.41) is 3.84. The van der Waals surface area contributed by atoms with Gasteiger partial charge in [0.05, 0.1) is 5.56 Å². The summed E-state index contributed by atoms with van der Waals surface area (Å²) in [7, 11) is 0. The highest BCUT2D eigenvalue weighted by Crippen LogP contribution is 2.31. The van der Waals surface area contributed by atoms with E-state index in [9.17, 15) is 0 Å². The lowest BCUT2D eigenvalue weighted by atomic mass is 9.98. The van der Waals surface area contributed by atoms with Crippen LogP contribution in [0.4, 0.5) is 5.82 Å². The first-order valence-electron chi connectivity index (χ1n) is 9.27. The molecule has 0 radical (unpaired) electrons. The van der Waals surface area contributed by atoms with Gasteiger partial charge in [0.2, 0.25) is 0 Å². The summed E-state index contributed by atoms with van der Waals surface area (Å²) in [6.07, 6.45) is 2.84. The summed E-state index contributed by atoms with van der Waals surface area (Å²) in [4.78, 5) is 13.5. The van der Waals surface area contributed by atoms with Crippen molar-refractivity contribution in [3.63, 3.8) is 0 Å². The van der Waals surface area contributed by atoms with Crippen molar-refractivity contribution in [3.8, 4) is 17.1 Å². The highest BCUT2D eigenvalue weighted by atomic mass is 35.5. The maximum Gasteiger partial charge on any atom is 0.166 e. The Labute approximate surface area is 167 Å². The minimum Gasteiger partial charge on any atom is -0.383 e. The number of nitrogens with zero attached hydrogens (tertiary/aromatic N) is 4. The lowest BCUT2D eigenvalue weighted by Crippen LogP contribution is -2.08. The van der Waals surface area contributed by atoms with Crippen LogP contribution in [-0.2, 0) is 0 Å². The van der Waals surface area contributed by atoms with Crippen molar-refractivity contribution in [1.29, 1.82) is 0 Å². The normalized spacial score (nSPS) is 16.7. The number of aromatic nitrogens is 4. The molecule has 140 valence electrons. The summed E-state index contributed by atoms with van der Waals surface area (Å²) in [5.74, 6) is 1.69. The Morgan fingerprint density at radius 2 is 1.93 bits per heavy atom. The zero-order valence-electron chi connectivity index (χ0n) is 15.1. The first kappa shape index (κ1) is 17.2. The van der Waals surface area contributed by atoms with E-state index in [1.54, 1.807) is 12.3 Å². The van der Waals surface area contributed by atoms with E-state index in [-0.39, 0.29) is 0 Å². The minimum atomic E-state index is 0.424. The molecule has 1 saturated heterocycles. The fourth-order valence-corrected chi connectivity index (χ4v) is 3.94. The standard InChI is InChI=1S/C21H19ClN6/c22-18-8-7-17-21(27-18)28(20(26-17)16-2-1-10-25-19(16)23)15-5-3-13(4-6-15)14-9-11-24-12-14/h1-8,10,14,24H,9,11-12H2,(H2,23,25). The molecule has 5 rings (SSSR count). The fraction of sp³-hybridized carbons (Fsp3) is 0.190. The molecular weight excluding hydrogens is 372 g/mol. The Balaban J connectivity index is 1.70. The smallest absolute Gasteiger partial charge is 0.166 e. The zero-order valence-corrected chi connectivity index (χ0v) is 15.9. The number of rotatable bonds is 3. The summed E-state index contributed by atoms with van der Waals surface area (Å²) < 4.78 is 1.99. The van der Waals surface area contributed by atoms with Crippen LogP contribution in [0.2, 0.25) is 5.15 Å². The molecular formula is C21H19ClN6. The van der Waals surface area contributed by atoms with Gasteiger partial charge in [-0.25, -0.2) is 15.0 Å². The van der Waals surface area contributed by atoms with Gasteiger partial charge in [-0.15, -0.1) is 0 Å². The molecule has 1 aliphatic rings. The third kappa shape index (κ3) is 2.91. The van der Waals surface area contributed by atoms with Crippen molar-refractivity contribution < 1.29 is 0 Å². The molecule has 0 spiro atoms. The van der Waals surface area contributed by atoms with Gasteiger partial charge >= 0.3 is 0 Å². The number of hydrogen-bond donors (Lipinski definition) is 2. The second-order valence-electron chi connectivity index (χ2n) is 6.96. The van der Waals surface area contributed by atoms with E-state index in [0.29, 0.717) is 28.4 Å². The van der Waals surface area contributed by atoms with Crippen LogP contribution < -0.4 is 11.1 Å². The minimum absolute atomic E-state index is 0.424. The molecule has 1 aromatic carbocycles. The SMILES string of the molecule is Nc1ncccc1-c1nc2ccc(Cl)nc2n1-c1ccc(C2CCNC2)cc1. The van der Waals surface area contributed by atoms with Gasteiger partial charge in [-0.1, -0.05) is 23.7 Å². The molecule has 1 fully saturated rings. The first-order valence-corrected chi connectivity index (χ1v) is 9.65. The molecule has 1 unspecified atom stereocenters. The average Bonchev–Trinajstić information content (AvgIpc) is 3.36. The predicted octanol–water partition coefficient (Wildman–Crippen LogP) is 3.80. The number of halogens is 1. The molecule has 1 atom stereocenters. The molecule has 4 aromatic rings. The average molecular weight is 391 g/mol. The third-order valence-corrected chi connectivity index (χ3v) is 5.44. The maximum atomic E-state index is 6.18. The van der Waals surface area contributed by atoms with Crippen LogP contribution in [0, 0.1) is 0 Å². The molecule has 0 aliphatic carbocycles. The molecule has 0 amide bonds. The molecule has 3 N–H and O–H groups in total. The van der Waals surface area contributed by atoms with E-state index in [2.05, 4.69) is 39.6 Å². The van der Waals surface area contributed by atoms with Crippen molar-refractivity contribution in [3.05, 3.63) is 65.4 Å². The van der Waals surface area contributed by atoms with Crippen molar-refractivity contribution >= 4 is 28.6 Å². The number of nitrogens with one attached hydrogen (secondary N) is 1. The van der Waals surface area contributed by atoms with Gasteiger partial charge in [-0.05, 0) is 60.8 Å². The molecule has 28 heavy (non-hydrogen) atoms. The van der Waals surface area contributed by atoms with Gasteiger partial charge in [0, 0.05) is 18.4 Å². The van der Waals surface area contributed by atoms with Crippen LogP contribution in [0.3, 0.4) is 0 Å². The highest BCUT2D eigenvalue weighted by molar-refractivity contribution is 6.29. The summed E-state index contributed by atoms with van der Waals surface area (Å²) in [6, 6.07) is 16.0. The predicted molar refractivity (Wildman–Crippen MR) is 112 cm³/mol. The van der Waals surface area contributed by atoms with E-state index in [1.807, 2.05) is 22.8 Å². The van der Waals surface area contributed by atoms with Crippen LogP contribution in [0.1, 0.15) is 17.9 Å². The van der Waals surface area contributed by atoms with Crippen LogP contribution in [0.25, 0.3) is 28.2 Å². The zero-order chi connectivity index (χ0) is 19.1. The van der Waals surface area contributed by atoms with Crippen LogP contribution in [0.15, 0.2) is 54.7 Å². The second kappa shape index (κ2) is 6.89. The quantitative estimate of drug-likeness (QED) is 0.520. The van der Waals surface area contributed by atoms with Gasteiger partial charge < -0.3 is 11.1 Å².